The molecule has 2 aromatic rings. The molecule has 1 aliphatic rings. The largest absolute Gasteiger partial charge is 0.482 e. The summed E-state index contributed by atoms with van der Waals surface area (Å²) < 4.78 is 16.3. The minimum absolute atomic E-state index is 0.178. The van der Waals surface area contributed by atoms with Gasteiger partial charge < -0.3 is 14.2 Å². The molecule has 0 aromatic heterocycles. The standard InChI is InChI=1S/C21H20O5/c1-21(2,3)26-19(22)13-24-15-9-10-16-17(12-15)25-18(20(16)23)11-14-7-5-4-6-8-14/h4-12H,13H2,1-3H3. The molecule has 5 nitrogen and oxygen atoms in total. The van der Waals surface area contributed by atoms with E-state index in [1.54, 1.807) is 45.0 Å². The summed E-state index contributed by atoms with van der Waals surface area (Å²) in [4.78, 5) is 24.2. The Hall–Kier alpha value is -3.08. The monoisotopic (exact) mass is 352 g/mol. The zero-order valence-electron chi connectivity index (χ0n) is 14.9. The topological polar surface area (TPSA) is 61.8 Å². The first-order valence-corrected chi connectivity index (χ1v) is 8.30. The number of allylic oxidation sites excluding steroid dienone is 1. The van der Waals surface area contributed by atoms with Crippen molar-refractivity contribution in [3.63, 3.8) is 0 Å². The zero-order chi connectivity index (χ0) is 18.7. The van der Waals surface area contributed by atoms with Gasteiger partial charge in [0.2, 0.25) is 5.78 Å². The van der Waals surface area contributed by atoms with Crippen LogP contribution >= 0.6 is 0 Å². The van der Waals surface area contributed by atoms with Crippen molar-refractivity contribution in [3.8, 4) is 11.5 Å². The summed E-state index contributed by atoms with van der Waals surface area (Å²) in [5.74, 6) is 0.472. The predicted molar refractivity (Wildman–Crippen MR) is 97.2 cm³/mol. The molecule has 0 bridgehead atoms. The number of ether oxygens (including phenoxy) is 3. The average Bonchev–Trinajstić information content (AvgIpc) is 2.88. The fourth-order valence-corrected chi connectivity index (χ4v) is 2.47. The average molecular weight is 352 g/mol. The summed E-state index contributed by atoms with van der Waals surface area (Å²) in [5, 5.41) is 0. The van der Waals surface area contributed by atoms with Gasteiger partial charge in [-0.1, -0.05) is 30.3 Å². The highest BCUT2D eigenvalue weighted by atomic mass is 16.6. The molecule has 0 saturated carbocycles. The Morgan fingerprint density at radius 1 is 1.12 bits per heavy atom. The van der Waals surface area contributed by atoms with Crippen LogP contribution in [0.3, 0.4) is 0 Å². The maximum absolute atomic E-state index is 12.4. The van der Waals surface area contributed by atoms with Crippen LogP contribution in [0.15, 0.2) is 54.3 Å². The van der Waals surface area contributed by atoms with Crippen molar-refractivity contribution in [1.82, 2.24) is 0 Å². The van der Waals surface area contributed by atoms with Crippen LogP contribution in [-0.2, 0) is 9.53 Å². The van der Waals surface area contributed by atoms with Gasteiger partial charge in [-0.25, -0.2) is 4.79 Å². The van der Waals surface area contributed by atoms with Crippen LogP contribution < -0.4 is 9.47 Å². The number of hydrogen-bond donors (Lipinski definition) is 0. The molecule has 26 heavy (non-hydrogen) atoms. The van der Waals surface area contributed by atoms with E-state index in [9.17, 15) is 9.59 Å². The van der Waals surface area contributed by atoms with Crippen LogP contribution in [0.2, 0.25) is 0 Å². The fraction of sp³-hybridized carbons (Fsp3) is 0.238. The number of fused-ring (bicyclic) bond motifs is 1. The molecule has 0 amide bonds. The van der Waals surface area contributed by atoms with Gasteiger partial charge in [0.05, 0.1) is 5.56 Å². The first kappa shape index (κ1) is 17.7. The van der Waals surface area contributed by atoms with E-state index in [0.717, 1.165) is 5.56 Å². The normalized spacial score (nSPS) is 14.7. The Balaban J connectivity index is 1.70. The lowest BCUT2D eigenvalue weighted by Gasteiger charge is -2.19. The molecule has 2 aromatic carbocycles. The number of Topliss-reactive ketones (excluding diaryl/α,β-unsaturated/α-hetero) is 1. The molecular weight excluding hydrogens is 332 g/mol. The van der Waals surface area contributed by atoms with Gasteiger partial charge in [-0.15, -0.1) is 0 Å². The second kappa shape index (κ2) is 7.04. The van der Waals surface area contributed by atoms with E-state index in [1.807, 2.05) is 30.3 Å². The molecule has 0 N–H and O–H groups in total. The third-order valence-corrected chi connectivity index (χ3v) is 3.52. The molecule has 1 heterocycles. The maximum atomic E-state index is 12.4. The number of carbonyl (C=O) groups excluding carboxylic acids is 2. The summed E-state index contributed by atoms with van der Waals surface area (Å²) >= 11 is 0. The molecule has 134 valence electrons. The summed E-state index contributed by atoms with van der Waals surface area (Å²) in [7, 11) is 0. The Morgan fingerprint density at radius 2 is 1.85 bits per heavy atom. The van der Waals surface area contributed by atoms with Gasteiger partial charge in [-0.2, -0.15) is 0 Å². The van der Waals surface area contributed by atoms with Gasteiger partial charge >= 0.3 is 5.97 Å². The molecule has 0 saturated heterocycles. The van der Waals surface area contributed by atoms with Crippen molar-refractivity contribution < 1.29 is 23.8 Å². The molecular formula is C21H20O5. The van der Waals surface area contributed by atoms with E-state index in [2.05, 4.69) is 0 Å². The molecule has 0 aliphatic carbocycles. The van der Waals surface area contributed by atoms with E-state index in [4.69, 9.17) is 14.2 Å². The number of benzene rings is 2. The first-order valence-electron chi connectivity index (χ1n) is 8.30. The molecule has 0 fully saturated rings. The van der Waals surface area contributed by atoms with Crippen molar-refractivity contribution in [3.05, 3.63) is 65.4 Å². The molecule has 0 radical (unpaired) electrons. The quantitative estimate of drug-likeness (QED) is 0.614. The van der Waals surface area contributed by atoms with Gasteiger partial charge in [-0.05, 0) is 44.5 Å². The predicted octanol–water partition coefficient (Wildman–Crippen LogP) is 4.02. The SMILES string of the molecule is CC(C)(C)OC(=O)COc1ccc2c(c1)OC(=Cc1ccccc1)C2=O. The van der Waals surface area contributed by atoms with Crippen LogP contribution in [-0.4, -0.2) is 24.0 Å². The van der Waals surface area contributed by atoms with Crippen LogP contribution in [0.25, 0.3) is 6.08 Å². The van der Waals surface area contributed by atoms with Crippen molar-refractivity contribution >= 4 is 17.8 Å². The van der Waals surface area contributed by atoms with Crippen LogP contribution in [0, 0.1) is 0 Å². The number of hydrogen-bond acceptors (Lipinski definition) is 5. The van der Waals surface area contributed by atoms with Crippen LogP contribution in [0.1, 0.15) is 36.7 Å². The van der Waals surface area contributed by atoms with E-state index < -0.39 is 11.6 Å². The molecule has 0 unspecified atom stereocenters. The van der Waals surface area contributed by atoms with Crippen LogP contribution in [0.5, 0.6) is 11.5 Å². The van der Waals surface area contributed by atoms with E-state index in [-0.39, 0.29) is 18.1 Å². The highest BCUT2D eigenvalue weighted by Gasteiger charge is 2.28. The maximum Gasteiger partial charge on any atom is 0.344 e. The number of carbonyl (C=O) groups is 2. The summed E-state index contributed by atoms with van der Waals surface area (Å²) in [5.41, 5.74) is 0.784. The smallest absolute Gasteiger partial charge is 0.344 e. The highest BCUT2D eigenvalue weighted by molar-refractivity contribution is 6.14. The summed E-state index contributed by atoms with van der Waals surface area (Å²) in [6, 6.07) is 14.3. The number of ketones is 1. The van der Waals surface area contributed by atoms with Gasteiger partial charge in [0.25, 0.3) is 0 Å². The van der Waals surface area contributed by atoms with Crippen molar-refractivity contribution in [2.75, 3.05) is 6.61 Å². The minimum Gasteiger partial charge on any atom is -0.482 e. The molecule has 5 heteroatoms. The van der Waals surface area contributed by atoms with Gasteiger partial charge in [-0.3, -0.25) is 4.79 Å². The lowest BCUT2D eigenvalue weighted by atomic mass is 10.1. The Kier molecular flexibility index (Phi) is 4.80. The summed E-state index contributed by atoms with van der Waals surface area (Å²) in [6.45, 7) is 5.16. The van der Waals surface area contributed by atoms with Gasteiger partial charge in [0.15, 0.2) is 12.4 Å². The molecule has 0 atom stereocenters. The van der Waals surface area contributed by atoms with Gasteiger partial charge in [0, 0.05) is 6.07 Å². The third-order valence-electron chi connectivity index (χ3n) is 3.52. The van der Waals surface area contributed by atoms with Crippen LogP contribution in [0.4, 0.5) is 0 Å². The highest BCUT2D eigenvalue weighted by Crippen LogP contribution is 2.34. The minimum atomic E-state index is -0.564. The lowest BCUT2D eigenvalue weighted by Crippen LogP contribution is -2.27. The Labute approximate surface area is 152 Å². The summed E-state index contributed by atoms with van der Waals surface area (Å²) in [6.07, 6.45) is 1.70. The fourth-order valence-electron chi connectivity index (χ4n) is 2.47. The molecule has 3 rings (SSSR count). The van der Waals surface area contributed by atoms with E-state index >= 15 is 0 Å². The lowest BCUT2D eigenvalue weighted by molar-refractivity contribution is -0.157. The number of rotatable bonds is 4. The Bertz CT molecular complexity index is 860. The van der Waals surface area contributed by atoms with Crippen molar-refractivity contribution in [2.24, 2.45) is 0 Å². The zero-order valence-corrected chi connectivity index (χ0v) is 14.9. The van der Waals surface area contributed by atoms with Crippen molar-refractivity contribution in [1.29, 1.82) is 0 Å². The van der Waals surface area contributed by atoms with Crippen molar-refractivity contribution in [2.45, 2.75) is 26.4 Å². The van der Waals surface area contributed by atoms with E-state index in [0.29, 0.717) is 17.1 Å². The third kappa shape index (κ3) is 4.30. The first-order chi connectivity index (χ1) is 12.3. The second-order valence-corrected chi connectivity index (χ2v) is 6.88. The van der Waals surface area contributed by atoms with Gasteiger partial charge in [0.1, 0.15) is 17.1 Å². The molecule has 0 spiro atoms. The second-order valence-electron chi connectivity index (χ2n) is 6.88. The van der Waals surface area contributed by atoms with E-state index in [1.165, 1.54) is 0 Å². The number of esters is 1. The Morgan fingerprint density at radius 3 is 2.54 bits per heavy atom. The molecule has 1 aliphatic heterocycles.